The van der Waals surface area contributed by atoms with Crippen LogP contribution in [0.3, 0.4) is 0 Å². The first kappa shape index (κ1) is 17.2. The molecule has 0 aliphatic heterocycles. The van der Waals surface area contributed by atoms with Gasteiger partial charge in [0.05, 0.1) is 18.3 Å². The molecule has 1 unspecified atom stereocenters. The standard InChI is InChI=1S/C12H18N2O6S/c1-3-6-21(18,19)14-8(2)11(15)13-7-9-4-5-10(20-9)12(16)17/h4-5,8,14H,3,6-7H2,1-2H3,(H,13,15)(H,16,17). The van der Waals surface area contributed by atoms with Gasteiger partial charge < -0.3 is 14.8 Å². The van der Waals surface area contributed by atoms with Gasteiger partial charge in [-0.25, -0.2) is 17.9 Å². The quantitative estimate of drug-likeness (QED) is 0.633. The van der Waals surface area contributed by atoms with Crippen LogP contribution in [0.2, 0.25) is 0 Å². The number of nitrogens with one attached hydrogen (secondary N) is 2. The number of carboxylic acids is 1. The number of amides is 1. The first-order valence-electron chi connectivity index (χ1n) is 6.35. The molecule has 21 heavy (non-hydrogen) atoms. The number of hydrogen-bond acceptors (Lipinski definition) is 5. The van der Waals surface area contributed by atoms with Crippen molar-refractivity contribution in [3.05, 3.63) is 23.7 Å². The number of hydrogen-bond donors (Lipinski definition) is 3. The number of carbonyl (C=O) groups excluding carboxylic acids is 1. The molecular formula is C12H18N2O6S. The van der Waals surface area contributed by atoms with Gasteiger partial charge in [-0.15, -0.1) is 0 Å². The molecule has 1 amide bonds. The Bertz CT molecular complexity index is 607. The molecule has 3 N–H and O–H groups in total. The topological polar surface area (TPSA) is 126 Å². The van der Waals surface area contributed by atoms with E-state index in [-0.39, 0.29) is 23.8 Å². The average molecular weight is 318 g/mol. The first-order chi connectivity index (χ1) is 9.75. The number of furan rings is 1. The minimum Gasteiger partial charge on any atom is -0.475 e. The van der Waals surface area contributed by atoms with Crippen molar-refractivity contribution in [2.24, 2.45) is 0 Å². The highest BCUT2D eigenvalue weighted by atomic mass is 32.2. The van der Waals surface area contributed by atoms with Gasteiger partial charge in [-0.05, 0) is 25.5 Å². The third kappa shape index (κ3) is 5.56. The highest BCUT2D eigenvalue weighted by Crippen LogP contribution is 2.07. The summed E-state index contributed by atoms with van der Waals surface area (Å²) in [4.78, 5) is 22.4. The highest BCUT2D eigenvalue weighted by Gasteiger charge is 2.19. The number of carbonyl (C=O) groups is 2. The molecule has 0 bridgehead atoms. The molecule has 1 heterocycles. The molecule has 0 aromatic carbocycles. The Morgan fingerprint density at radius 1 is 1.38 bits per heavy atom. The second-order valence-corrected chi connectivity index (χ2v) is 6.32. The van der Waals surface area contributed by atoms with E-state index in [1.54, 1.807) is 6.92 Å². The third-order valence-electron chi connectivity index (χ3n) is 2.53. The summed E-state index contributed by atoms with van der Waals surface area (Å²) in [5.74, 6) is -1.73. The van der Waals surface area contributed by atoms with Gasteiger partial charge in [0.25, 0.3) is 0 Å². The van der Waals surface area contributed by atoms with E-state index in [9.17, 15) is 18.0 Å². The maximum Gasteiger partial charge on any atom is 0.371 e. The Kier molecular flexibility index (Phi) is 5.91. The molecule has 0 radical (unpaired) electrons. The molecule has 1 atom stereocenters. The lowest BCUT2D eigenvalue weighted by Gasteiger charge is -2.13. The van der Waals surface area contributed by atoms with Crippen LogP contribution >= 0.6 is 0 Å². The zero-order chi connectivity index (χ0) is 16.0. The van der Waals surface area contributed by atoms with Crippen LogP contribution in [0.4, 0.5) is 0 Å². The Balaban J connectivity index is 2.51. The maximum absolute atomic E-state index is 11.7. The Labute approximate surface area is 122 Å². The van der Waals surface area contributed by atoms with Crippen molar-refractivity contribution < 1.29 is 27.5 Å². The van der Waals surface area contributed by atoms with Crippen molar-refractivity contribution in [1.82, 2.24) is 10.0 Å². The molecule has 9 heteroatoms. The second-order valence-electron chi connectivity index (χ2n) is 4.45. The summed E-state index contributed by atoms with van der Waals surface area (Å²) < 4.78 is 30.3. The molecule has 8 nitrogen and oxygen atoms in total. The van der Waals surface area contributed by atoms with Crippen molar-refractivity contribution in [1.29, 1.82) is 0 Å². The summed E-state index contributed by atoms with van der Waals surface area (Å²) in [7, 11) is -3.48. The largest absolute Gasteiger partial charge is 0.475 e. The lowest BCUT2D eigenvalue weighted by Crippen LogP contribution is -2.45. The van der Waals surface area contributed by atoms with Gasteiger partial charge >= 0.3 is 5.97 Å². The van der Waals surface area contributed by atoms with Crippen LogP contribution in [0.1, 0.15) is 36.6 Å². The van der Waals surface area contributed by atoms with E-state index >= 15 is 0 Å². The summed E-state index contributed by atoms with van der Waals surface area (Å²) >= 11 is 0. The molecule has 1 aromatic heterocycles. The van der Waals surface area contributed by atoms with Crippen LogP contribution in [0.5, 0.6) is 0 Å². The number of carboxylic acid groups (broad SMARTS) is 1. The highest BCUT2D eigenvalue weighted by molar-refractivity contribution is 7.89. The number of aromatic carboxylic acids is 1. The lowest BCUT2D eigenvalue weighted by atomic mass is 10.3. The molecule has 118 valence electrons. The normalized spacial score (nSPS) is 12.9. The molecule has 0 spiro atoms. The van der Waals surface area contributed by atoms with Crippen LogP contribution in [0, 0.1) is 0 Å². The van der Waals surface area contributed by atoms with Gasteiger partial charge in [0, 0.05) is 0 Å². The van der Waals surface area contributed by atoms with Crippen LogP contribution in [-0.2, 0) is 21.4 Å². The van der Waals surface area contributed by atoms with E-state index in [1.165, 1.54) is 19.1 Å². The Morgan fingerprint density at radius 3 is 2.57 bits per heavy atom. The summed E-state index contributed by atoms with van der Waals surface area (Å²) in [5.41, 5.74) is 0. The number of sulfonamides is 1. The van der Waals surface area contributed by atoms with Gasteiger partial charge in [-0.1, -0.05) is 6.92 Å². The molecule has 1 aromatic rings. The third-order valence-corrected chi connectivity index (χ3v) is 4.19. The van der Waals surface area contributed by atoms with Crippen molar-refractivity contribution in [3.63, 3.8) is 0 Å². The fourth-order valence-corrected chi connectivity index (χ4v) is 2.87. The fraction of sp³-hybridized carbons (Fsp3) is 0.500. The summed E-state index contributed by atoms with van der Waals surface area (Å²) in [6, 6.07) is 1.78. The van der Waals surface area contributed by atoms with E-state index < -0.39 is 27.9 Å². The molecule has 0 aliphatic rings. The van der Waals surface area contributed by atoms with Crippen molar-refractivity contribution in [2.45, 2.75) is 32.9 Å². The Morgan fingerprint density at radius 2 is 2.05 bits per heavy atom. The predicted octanol–water partition coefficient (Wildman–Crippen LogP) is 0.312. The van der Waals surface area contributed by atoms with Gasteiger partial charge in [-0.2, -0.15) is 0 Å². The molecule has 0 saturated heterocycles. The second kappa shape index (κ2) is 7.23. The first-order valence-corrected chi connectivity index (χ1v) is 8.00. The molecule has 0 aliphatic carbocycles. The minimum atomic E-state index is -3.48. The molecule has 0 fully saturated rings. The SMILES string of the molecule is CCCS(=O)(=O)NC(C)C(=O)NCc1ccc(C(=O)O)o1. The Hall–Kier alpha value is -1.87. The van der Waals surface area contributed by atoms with Gasteiger partial charge in [0.1, 0.15) is 5.76 Å². The minimum absolute atomic E-state index is 0.0219. The average Bonchev–Trinajstić information content (AvgIpc) is 2.84. The van der Waals surface area contributed by atoms with E-state index in [0.717, 1.165) is 0 Å². The van der Waals surface area contributed by atoms with Crippen LogP contribution in [0.25, 0.3) is 0 Å². The molecular weight excluding hydrogens is 300 g/mol. The summed E-state index contributed by atoms with van der Waals surface area (Å²) in [6.07, 6.45) is 0.452. The van der Waals surface area contributed by atoms with E-state index in [1.807, 2.05) is 0 Å². The van der Waals surface area contributed by atoms with Gasteiger partial charge in [0.2, 0.25) is 21.7 Å². The van der Waals surface area contributed by atoms with E-state index in [0.29, 0.717) is 6.42 Å². The molecule has 0 saturated carbocycles. The van der Waals surface area contributed by atoms with Crippen LogP contribution < -0.4 is 10.0 Å². The monoisotopic (exact) mass is 318 g/mol. The van der Waals surface area contributed by atoms with Crippen LogP contribution in [-0.4, -0.2) is 37.2 Å². The van der Waals surface area contributed by atoms with Crippen molar-refractivity contribution >= 4 is 21.9 Å². The summed E-state index contributed by atoms with van der Waals surface area (Å²) in [5, 5.41) is 11.1. The predicted molar refractivity (Wildman–Crippen MR) is 74.2 cm³/mol. The van der Waals surface area contributed by atoms with Crippen molar-refractivity contribution in [3.8, 4) is 0 Å². The smallest absolute Gasteiger partial charge is 0.371 e. The molecule has 1 rings (SSSR count). The van der Waals surface area contributed by atoms with Crippen LogP contribution in [0.15, 0.2) is 16.5 Å². The lowest BCUT2D eigenvalue weighted by molar-refractivity contribution is -0.122. The van der Waals surface area contributed by atoms with Gasteiger partial charge in [-0.3, -0.25) is 4.79 Å². The van der Waals surface area contributed by atoms with E-state index in [4.69, 9.17) is 9.52 Å². The maximum atomic E-state index is 11.7. The zero-order valence-corrected chi connectivity index (χ0v) is 12.6. The number of rotatable bonds is 8. The fourth-order valence-electron chi connectivity index (χ4n) is 1.57. The van der Waals surface area contributed by atoms with Gasteiger partial charge in [0.15, 0.2) is 0 Å². The summed E-state index contributed by atoms with van der Waals surface area (Å²) in [6.45, 7) is 3.13. The van der Waals surface area contributed by atoms with Crippen molar-refractivity contribution in [2.75, 3.05) is 5.75 Å². The van der Waals surface area contributed by atoms with E-state index in [2.05, 4.69) is 10.0 Å². The zero-order valence-electron chi connectivity index (χ0n) is 11.8.